The number of nitrogens with zero attached hydrogens (tertiary/aromatic N) is 1. The first kappa shape index (κ1) is 12.7. The minimum Gasteiger partial charge on any atom is -0.497 e. The molecule has 0 saturated heterocycles. The zero-order valence-electron chi connectivity index (χ0n) is 10.6. The number of hydrogen-bond acceptors (Lipinski definition) is 4. The van der Waals surface area contributed by atoms with E-state index in [1.165, 1.54) is 6.92 Å². The quantitative estimate of drug-likeness (QED) is 0.916. The number of nitrogens with one attached hydrogen (secondary N) is 1. The van der Waals surface area contributed by atoms with Crippen molar-refractivity contribution < 1.29 is 13.9 Å². The summed E-state index contributed by atoms with van der Waals surface area (Å²) in [7, 11) is 1.57. The van der Waals surface area contributed by atoms with Crippen LogP contribution >= 0.6 is 0 Å². The summed E-state index contributed by atoms with van der Waals surface area (Å²) >= 11 is 0. The van der Waals surface area contributed by atoms with Crippen LogP contribution in [0.5, 0.6) is 5.75 Å². The molecule has 2 rings (SSSR count). The summed E-state index contributed by atoms with van der Waals surface area (Å²) in [6.45, 7) is 1.36. The molecule has 0 spiro atoms. The van der Waals surface area contributed by atoms with Crippen LogP contribution in [0, 0.1) is 11.3 Å². The van der Waals surface area contributed by atoms with Crippen LogP contribution in [0.25, 0.3) is 11.3 Å². The van der Waals surface area contributed by atoms with E-state index in [9.17, 15) is 4.79 Å². The molecule has 1 amide bonds. The second kappa shape index (κ2) is 5.27. The molecule has 0 unspecified atom stereocenters. The van der Waals surface area contributed by atoms with Gasteiger partial charge in [-0.15, -0.1) is 0 Å². The maximum absolute atomic E-state index is 11.0. The lowest BCUT2D eigenvalue weighted by Crippen LogP contribution is -2.05. The van der Waals surface area contributed by atoms with Crippen LogP contribution in [-0.2, 0) is 4.79 Å². The van der Waals surface area contributed by atoms with Gasteiger partial charge >= 0.3 is 0 Å². The van der Waals surface area contributed by atoms with Crippen molar-refractivity contribution >= 4 is 11.8 Å². The number of carbonyl (C=O) groups excluding carboxylic acids is 1. The summed E-state index contributed by atoms with van der Waals surface area (Å²) in [4.78, 5) is 11.0. The third-order valence-corrected chi connectivity index (χ3v) is 2.50. The van der Waals surface area contributed by atoms with Gasteiger partial charge in [-0.25, -0.2) is 0 Å². The molecular weight excluding hydrogens is 244 g/mol. The Bertz CT molecular complexity index is 653. The van der Waals surface area contributed by atoms with Gasteiger partial charge in [-0.3, -0.25) is 10.1 Å². The smallest absolute Gasteiger partial charge is 0.223 e. The molecule has 1 aromatic carbocycles. The van der Waals surface area contributed by atoms with Gasteiger partial charge in [-0.2, -0.15) is 5.26 Å². The van der Waals surface area contributed by atoms with Crippen molar-refractivity contribution in [3.05, 3.63) is 35.9 Å². The van der Waals surface area contributed by atoms with E-state index >= 15 is 0 Å². The fourth-order valence-corrected chi connectivity index (χ4v) is 1.65. The highest BCUT2D eigenvalue weighted by Gasteiger charge is 2.13. The molecule has 1 heterocycles. The topological polar surface area (TPSA) is 75.3 Å². The Morgan fingerprint density at radius 3 is 2.84 bits per heavy atom. The highest BCUT2D eigenvalue weighted by atomic mass is 16.5. The summed E-state index contributed by atoms with van der Waals surface area (Å²) in [5.74, 6) is 1.06. The van der Waals surface area contributed by atoms with Gasteiger partial charge in [0.15, 0.2) is 0 Å². The Kier molecular flexibility index (Phi) is 3.53. The van der Waals surface area contributed by atoms with E-state index in [2.05, 4.69) is 5.32 Å². The number of carbonyl (C=O) groups is 1. The number of nitriles is 1. The average molecular weight is 256 g/mol. The van der Waals surface area contributed by atoms with Gasteiger partial charge in [0.25, 0.3) is 0 Å². The second-order valence-electron chi connectivity index (χ2n) is 3.88. The van der Waals surface area contributed by atoms with E-state index < -0.39 is 0 Å². The third-order valence-electron chi connectivity index (χ3n) is 2.50. The number of furan rings is 1. The van der Waals surface area contributed by atoms with Gasteiger partial charge in [0.05, 0.1) is 7.11 Å². The molecule has 96 valence electrons. The fraction of sp³-hybridized carbons (Fsp3) is 0.143. The molecule has 0 aliphatic heterocycles. The van der Waals surface area contributed by atoms with Gasteiger partial charge in [0, 0.05) is 18.6 Å². The van der Waals surface area contributed by atoms with Crippen molar-refractivity contribution in [1.29, 1.82) is 5.26 Å². The normalized spacial score (nSPS) is 9.74. The SMILES string of the molecule is COc1cccc(-c2cc(C#N)c(NC(C)=O)o2)c1. The molecule has 0 bridgehead atoms. The van der Waals surface area contributed by atoms with E-state index in [0.717, 1.165) is 5.56 Å². The lowest BCUT2D eigenvalue weighted by molar-refractivity contribution is -0.114. The molecule has 5 nitrogen and oxygen atoms in total. The molecule has 1 aromatic heterocycles. The molecule has 0 atom stereocenters. The summed E-state index contributed by atoms with van der Waals surface area (Å²) in [6.07, 6.45) is 0. The van der Waals surface area contributed by atoms with E-state index in [4.69, 9.17) is 14.4 Å². The van der Waals surface area contributed by atoms with E-state index in [-0.39, 0.29) is 17.4 Å². The first-order valence-electron chi connectivity index (χ1n) is 5.60. The molecule has 0 aliphatic rings. The van der Waals surface area contributed by atoms with Crippen molar-refractivity contribution in [2.75, 3.05) is 12.4 Å². The first-order chi connectivity index (χ1) is 9.13. The lowest BCUT2D eigenvalue weighted by Gasteiger charge is -2.01. The Balaban J connectivity index is 2.42. The molecule has 0 saturated carbocycles. The second-order valence-corrected chi connectivity index (χ2v) is 3.88. The van der Waals surface area contributed by atoms with Crippen LogP contribution in [0.2, 0.25) is 0 Å². The summed E-state index contributed by atoms with van der Waals surface area (Å²) in [6, 6.07) is 10.8. The van der Waals surface area contributed by atoms with Crippen molar-refractivity contribution in [2.45, 2.75) is 6.92 Å². The monoisotopic (exact) mass is 256 g/mol. The van der Waals surface area contributed by atoms with Crippen LogP contribution in [0.1, 0.15) is 12.5 Å². The zero-order valence-corrected chi connectivity index (χ0v) is 10.6. The van der Waals surface area contributed by atoms with Gasteiger partial charge in [-0.1, -0.05) is 12.1 Å². The number of amides is 1. The maximum Gasteiger partial charge on any atom is 0.223 e. The van der Waals surface area contributed by atoms with Crippen LogP contribution < -0.4 is 10.1 Å². The van der Waals surface area contributed by atoms with Gasteiger partial charge in [0.2, 0.25) is 11.8 Å². The Morgan fingerprint density at radius 1 is 1.42 bits per heavy atom. The fourth-order valence-electron chi connectivity index (χ4n) is 1.65. The number of rotatable bonds is 3. The molecule has 0 fully saturated rings. The highest BCUT2D eigenvalue weighted by Crippen LogP contribution is 2.30. The van der Waals surface area contributed by atoms with Gasteiger partial charge in [-0.05, 0) is 12.1 Å². The minimum atomic E-state index is -0.289. The van der Waals surface area contributed by atoms with Crippen molar-refractivity contribution in [2.24, 2.45) is 0 Å². The van der Waals surface area contributed by atoms with Crippen LogP contribution in [0.15, 0.2) is 34.7 Å². The van der Waals surface area contributed by atoms with Crippen molar-refractivity contribution in [1.82, 2.24) is 0 Å². The van der Waals surface area contributed by atoms with Crippen molar-refractivity contribution in [3.8, 4) is 23.1 Å². The number of benzene rings is 1. The summed E-state index contributed by atoms with van der Waals surface area (Å²) in [5.41, 5.74) is 1.06. The number of hydrogen-bond donors (Lipinski definition) is 1. The van der Waals surface area contributed by atoms with E-state index in [1.54, 1.807) is 19.2 Å². The van der Waals surface area contributed by atoms with Crippen LogP contribution in [0.3, 0.4) is 0 Å². The van der Waals surface area contributed by atoms with Crippen LogP contribution in [-0.4, -0.2) is 13.0 Å². The number of anilines is 1. The highest BCUT2D eigenvalue weighted by molar-refractivity contribution is 5.89. The minimum absolute atomic E-state index is 0.160. The molecule has 0 radical (unpaired) electrons. The predicted octanol–water partition coefficient (Wildman–Crippen LogP) is 2.79. The van der Waals surface area contributed by atoms with E-state index in [0.29, 0.717) is 11.5 Å². The van der Waals surface area contributed by atoms with Gasteiger partial charge < -0.3 is 9.15 Å². The number of methoxy groups -OCH3 is 1. The zero-order chi connectivity index (χ0) is 13.8. The molecule has 19 heavy (non-hydrogen) atoms. The van der Waals surface area contributed by atoms with E-state index in [1.807, 2.05) is 24.3 Å². The summed E-state index contributed by atoms with van der Waals surface area (Å²) < 4.78 is 10.6. The average Bonchev–Trinajstić information content (AvgIpc) is 2.81. The maximum atomic E-state index is 11.0. The summed E-state index contributed by atoms with van der Waals surface area (Å²) in [5, 5.41) is 11.5. The van der Waals surface area contributed by atoms with Crippen molar-refractivity contribution in [3.63, 3.8) is 0 Å². The lowest BCUT2D eigenvalue weighted by atomic mass is 10.1. The number of ether oxygens (including phenoxy) is 1. The molecule has 1 N–H and O–H groups in total. The Morgan fingerprint density at radius 2 is 2.21 bits per heavy atom. The molecular formula is C14H12N2O3. The molecule has 0 aliphatic carbocycles. The third kappa shape index (κ3) is 2.75. The van der Waals surface area contributed by atoms with Crippen LogP contribution in [0.4, 0.5) is 5.88 Å². The van der Waals surface area contributed by atoms with Gasteiger partial charge in [0.1, 0.15) is 23.1 Å². The predicted molar refractivity (Wildman–Crippen MR) is 69.7 cm³/mol. The molecule has 2 aromatic rings. The standard InChI is InChI=1S/C14H12N2O3/c1-9(17)16-14-11(8-15)7-13(19-14)10-4-3-5-12(6-10)18-2/h3-7H,1-2H3,(H,16,17). The molecule has 5 heteroatoms. The Hall–Kier alpha value is -2.74. The Labute approximate surface area is 110 Å². The largest absolute Gasteiger partial charge is 0.497 e. The first-order valence-corrected chi connectivity index (χ1v) is 5.60.